The number of aromatic nitrogens is 2. The third-order valence-corrected chi connectivity index (χ3v) is 3.81. The van der Waals surface area contributed by atoms with Gasteiger partial charge >= 0.3 is 0 Å². The van der Waals surface area contributed by atoms with Gasteiger partial charge in [-0.2, -0.15) is 0 Å². The van der Waals surface area contributed by atoms with Crippen LogP contribution >= 0.6 is 0 Å². The van der Waals surface area contributed by atoms with E-state index in [2.05, 4.69) is 15.3 Å². The predicted molar refractivity (Wildman–Crippen MR) is 90.1 cm³/mol. The summed E-state index contributed by atoms with van der Waals surface area (Å²) in [4.78, 5) is 7.78. The molecule has 0 aliphatic rings. The van der Waals surface area contributed by atoms with Crippen LogP contribution in [0, 0.1) is 29.1 Å². The van der Waals surface area contributed by atoms with Crippen molar-refractivity contribution < 1.29 is 31.4 Å². The van der Waals surface area contributed by atoms with Crippen LogP contribution in [-0.2, 0) is 0 Å². The van der Waals surface area contributed by atoms with Crippen LogP contribution < -0.4 is 14.8 Å². The van der Waals surface area contributed by atoms with Crippen molar-refractivity contribution in [2.75, 3.05) is 19.5 Å². The minimum absolute atomic E-state index is 0.178. The van der Waals surface area contributed by atoms with E-state index < -0.39 is 34.8 Å². The highest BCUT2D eigenvalue weighted by atomic mass is 19.2. The maximum Gasteiger partial charge on any atom is 0.200 e. The van der Waals surface area contributed by atoms with Crippen molar-refractivity contribution in [2.24, 2.45) is 0 Å². The van der Waals surface area contributed by atoms with Gasteiger partial charge in [-0.3, -0.25) is 0 Å². The number of hydrogen-bond donors (Lipinski definition) is 1. The van der Waals surface area contributed by atoms with Gasteiger partial charge in [0.05, 0.1) is 19.9 Å². The fourth-order valence-corrected chi connectivity index (χ4v) is 2.42. The molecular formula is C18H12F5N3O2. The molecule has 28 heavy (non-hydrogen) atoms. The SMILES string of the molecule is COc1ccc(-c2cc(Nc3c(F)c(F)c(F)c(F)c3F)ncn2)cc1OC. The lowest BCUT2D eigenvalue weighted by Gasteiger charge is -2.12. The van der Waals surface area contributed by atoms with Gasteiger partial charge in [-0.15, -0.1) is 0 Å². The first-order valence-corrected chi connectivity index (χ1v) is 7.70. The van der Waals surface area contributed by atoms with Crippen molar-refractivity contribution in [3.05, 3.63) is 59.7 Å². The van der Waals surface area contributed by atoms with Gasteiger partial charge in [0.15, 0.2) is 34.8 Å². The molecule has 0 fully saturated rings. The molecule has 0 spiro atoms. The molecule has 146 valence electrons. The molecule has 2 aromatic carbocycles. The number of rotatable bonds is 5. The molecule has 0 saturated carbocycles. The third-order valence-electron chi connectivity index (χ3n) is 3.81. The summed E-state index contributed by atoms with van der Waals surface area (Å²) < 4.78 is 77.8. The number of halogens is 5. The zero-order chi connectivity index (χ0) is 20.4. The lowest BCUT2D eigenvalue weighted by Crippen LogP contribution is -2.07. The molecule has 0 aliphatic carbocycles. The number of benzene rings is 2. The quantitative estimate of drug-likeness (QED) is 0.387. The molecule has 3 aromatic rings. The highest BCUT2D eigenvalue weighted by Crippen LogP contribution is 2.33. The van der Waals surface area contributed by atoms with Crippen LogP contribution in [0.1, 0.15) is 0 Å². The van der Waals surface area contributed by atoms with E-state index >= 15 is 0 Å². The van der Waals surface area contributed by atoms with Crippen LogP contribution in [0.2, 0.25) is 0 Å². The smallest absolute Gasteiger partial charge is 0.200 e. The lowest BCUT2D eigenvalue weighted by atomic mass is 10.1. The number of methoxy groups -OCH3 is 2. The molecule has 3 rings (SSSR count). The first-order chi connectivity index (χ1) is 13.4. The number of hydrogen-bond acceptors (Lipinski definition) is 5. The molecule has 0 aliphatic heterocycles. The Kier molecular flexibility index (Phi) is 5.30. The average molecular weight is 397 g/mol. The standard InChI is InChI=1S/C18H12F5N3O2/c1-27-10-4-3-8(5-11(10)28-2)9-6-12(25-7-24-9)26-18-16(22)14(20)13(19)15(21)17(18)23/h3-7H,1-2H3,(H,24,25,26). The highest BCUT2D eigenvalue weighted by molar-refractivity contribution is 5.68. The minimum atomic E-state index is -2.24. The topological polar surface area (TPSA) is 56.3 Å². The van der Waals surface area contributed by atoms with Crippen molar-refractivity contribution in [3.8, 4) is 22.8 Å². The van der Waals surface area contributed by atoms with Crippen molar-refractivity contribution in [3.63, 3.8) is 0 Å². The van der Waals surface area contributed by atoms with Gasteiger partial charge in [0.25, 0.3) is 0 Å². The van der Waals surface area contributed by atoms with Gasteiger partial charge < -0.3 is 14.8 Å². The summed E-state index contributed by atoms with van der Waals surface area (Å²) in [5, 5.41) is 2.11. The number of anilines is 2. The Morgan fingerprint density at radius 1 is 0.750 bits per heavy atom. The Bertz CT molecular complexity index is 1020. The van der Waals surface area contributed by atoms with Crippen LogP contribution in [-0.4, -0.2) is 24.2 Å². The molecule has 0 bridgehead atoms. The van der Waals surface area contributed by atoms with E-state index in [9.17, 15) is 22.0 Å². The summed E-state index contributed by atoms with van der Waals surface area (Å²) in [5.41, 5.74) is -0.365. The van der Waals surface area contributed by atoms with Crippen LogP contribution in [0.4, 0.5) is 33.5 Å². The summed E-state index contributed by atoms with van der Waals surface area (Å²) in [7, 11) is 2.91. The maximum atomic E-state index is 13.8. The average Bonchev–Trinajstić information content (AvgIpc) is 2.73. The molecular weight excluding hydrogens is 385 g/mol. The Morgan fingerprint density at radius 2 is 1.36 bits per heavy atom. The van der Waals surface area contributed by atoms with Crippen molar-refractivity contribution in [1.82, 2.24) is 9.97 Å². The molecule has 5 nitrogen and oxygen atoms in total. The van der Waals surface area contributed by atoms with E-state index in [0.29, 0.717) is 22.8 Å². The van der Waals surface area contributed by atoms with Gasteiger partial charge in [-0.25, -0.2) is 31.9 Å². The number of nitrogens with zero attached hydrogens (tertiary/aromatic N) is 2. The van der Waals surface area contributed by atoms with Crippen LogP contribution in [0.5, 0.6) is 11.5 Å². The monoisotopic (exact) mass is 397 g/mol. The zero-order valence-electron chi connectivity index (χ0n) is 14.5. The van der Waals surface area contributed by atoms with E-state index in [0.717, 1.165) is 6.33 Å². The van der Waals surface area contributed by atoms with Gasteiger partial charge in [-0.05, 0) is 18.2 Å². The molecule has 1 N–H and O–H groups in total. The van der Waals surface area contributed by atoms with E-state index in [1.807, 2.05) is 0 Å². The molecule has 0 unspecified atom stereocenters. The second kappa shape index (κ2) is 7.67. The summed E-state index contributed by atoms with van der Waals surface area (Å²) in [5.74, 6) is -9.65. The van der Waals surface area contributed by atoms with Gasteiger partial charge in [0.2, 0.25) is 5.82 Å². The Balaban J connectivity index is 2.00. The van der Waals surface area contributed by atoms with Crippen LogP contribution in [0.25, 0.3) is 11.3 Å². The first kappa shape index (κ1) is 19.3. The van der Waals surface area contributed by atoms with E-state index in [-0.39, 0.29) is 5.82 Å². The van der Waals surface area contributed by atoms with Crippen molar-refractivity contribution in [2.45, 2.75) is 0 Å². The number of nitrogens with one attached hydrogen (secondary N) is 1. The lowest BCUT2D eigenvalue weighted by molar-refractivity contribution is 0.355. The van der Waals surface area contributed by atoms with E-state index in [1.54, 1.807) is 18.2 Å². The molecule has 10 heteroatoms. The van der Waals surface area contributed by atoms with Gasteiger partial charge in [-0.1, -0.05) is 0 Å². The second-order valence-electron chi connectivity index (χ2n) is 5.43. The summed E-state index contributed by atoms with van der Waals surface area (Å²) >= 11 is 0. The molecule has 1 heterocycles. The van der Waals surface area contributed by atoms with Crippen molar-refractivity contribution >= 4 is 11.5 Å². The van der Waals surface area contributed by atoms with Gasteiger partial charge in [0, 0.05) is 11.6 Å². The number of ether oxygens (including phenoxy) is 2. The molecule has 0 saturated heterocycles. The highest BCUT2D eigenvalue weighted by Gasteiger charge is 2.26. The Morgan fingerprint density at radius 3 is 1.96 bits per heavy atom. The minimum Gasteiger partial charge on any atom is -0.493 e. The third kappa shape index (κ3) is 3.40. The summed E-state index contributed by atoms with van der Waals surface area (Å²) in [6.07, 6.45) is 1.07. The van der Waals surface area contributed by atoms with Crippen LogP contribution in [0.3, 0.4) is 0 Å². The molecule has 0 atom stereocenters. The second-order valence-corrected chi connectivity index (χ2v) is 5.43. The van der Waals surface area contributed by atoms with E-state index in [1.165, 1.54) is 20.3 Å². The molecule has 0 radical (unpaired) electrons. The molecule has 1 aromatic heterocycles. The van der Waals surface area contributed by atoms with E-state index in [4.69, 9.17) is 9.47 Å². The summed E-state index contributed by atoms with van der Waals surface area (Å²) in [6, 6.07) is 6.14. The first-order valence-electron chi connectivity index (χ1n) is 7.70. The fraction of sp³-hybridized carbons (Fsp3) is 0.111. The predicted octanol–water partition coefficient (Wildman–Crippen LogP) is 4.60. The fourth-order valence-electron chi connectivity index (χ4n) is 2.42. The largest absolute Gasteiger partial charge is 0.493 e. The zero-order valence-corrected chi connectivity index (χ0v) is 14.5. The normalized spacial score (nSPS) is 10.7. The van der Waals surface area contributed by atoms with Crippen LogP contribution in [0.15, 0.2) is 30.6 Å². The molecule has 0 amide bonds. The summed E-state index contributed by atoms with van der Waals surface area (Å²) in [6.45, 7) is 0. The Labute approximate surface area is 155 Å². The Hall–Kier alpha value is -3.43. The maximum absolute atomic E-state index is 13.8. The van der Waals surface area contributed by atoms with Crippen molar-refractivity contribution in [1.29, 1.82) is 0 Å². The van der Waals surface area contributed by atoms with Gasteiger partial charge in [0.1, 0.15) is 17.8 Å².